The van der Waals surface area contributed by atoms with E-state index >= 15 is 0 Å². The second-order valence-electron chi connectivity index (χ2n) is 9.69. The monoisotopic (exact) mass is 448 g/mol. The van der Waals surface area contributed by atoms with Gasteiger partial charge in [0.05, 0.1) is 0 Å². The maximum atomic E-state index is 13.0. The molecule has 1 spiro atoms. The number of hydrogen-bond acceptors (Lipinski definition) is 5. The van der Waals surface area contributed by atoms with Crippen molar-refractivity contribution < 1.29 is 19.1 Å². The van der Waals surface area contributed by atoms with Crippen LogP contribution in [0.2, 0.25) is 0 Å². The van der Waals surface area contributed by atoms with Crippen molar-refractivity contribution >= 4 is 17.8 Å². The van der Waals surface area contributed by atoms with Gasteiger partial charge < -0.3 is 15.8 Å². The molecule has 1 aromatic carbocycles. The average molecular weight is 449 g/mol. The topological polar surface area (TPSA) is 115 Å². The molecule has 1 aromatic heterocycles. The van der Waals surface area contributed by atoms with Crippen LogP contribution in [0, 0.1) is 5.41 Å². The number of aromatic nitrogens is 1. The van der Waals surface area contributed by atoms with Gasteiger partial charge in [0.25, 0.3) is 11.8 Å². The molecular formula is C25H28N4O4. The standard InChI is InChI=1S/C25H28N4O4/c1-15(16-6-3-2-4-7-16)10-20-23(31)29(24(32)28-20)17-11-25(12-17)13-18(14-25)33-22-19(21(26)30)8-5-9-27-22/h2-9,15,17-18,20H,10-14H2,1H3,(H2,26,30)(H,28,32)/t15?,17?,18?,20-,25?/m1/s1. The molecule has 2 aromatic rings. The van der Waals surface area contributed by atoms with Crippen molar-refractivity contribution in [2.24, 2.45) is 11.1 Å². The molecule has 172 valence electrons. The normalized spacial score (nSPS) is 29.2. The van der Waals surface area contributed by atoms with E-state index in [1.54, 1.807) is 18.3 Å². The van der Waals surface area contributed by atoms with Gasteiger partial charge in [-0.15, -0.1) is 0 Å². The van der Waals surface area contributed by atoms with Crippen LogP contribution in [0.25, 0.3) is 0 Å². The molecule has 4 amide bonds. The molecule has 1 aliphatic heterocycles. The van der Waals surface area contributed by atoms with Crippen LogP contribution in [0.5, 0.6) is 5.88 Å². The van der Waals surface area contributed by atoms with Crippen LogP contribution < -0.4 is 15.8 Å². The number of hydrogen-bond donors (Lipinski definition) is 2. The zero-order chi connectivity index (χ0) is 23.2. The quantitative estimate of drug-likeness (QED) is 0.632. The largest absolute Gasteiger partial charge is 0.474 e. The number of nitrogens with two attached hydrogens (primary N) is 1. The van der Waals surface area contributed by atoms with Crippen molar-refractivity contribution in [3.8, 4) is 5.88 Å². The van der Waals surface area contributed by atoms with Crippen LogP contribution in [0.4, 0.5) is 4.79 Å². The zero-order valence-corrected chi connectivity index (χ0v) is 18.6. The second-order valence-corrected chi connectivity index (χ2v) is 9.69. The summed E-state index contributed by atoms with van der Waals surface area (Å²) in [7, 11) is 0. The third-order valence-electron chi connectivity index (χ3n) is 7.35. The fourth-order valence-electron chi connectivity index (χ4n) is 5.60. The number of carbonyl (C=O) groups is 3. The van der Waals surface area contributed by atoms with Gasteiger partial charge in [0.2, 0.25) is 5.88 Å². The number of urea groups is 1. The number of imide groups is 1. The predicted molar refractivity (Wildman–Crippen MR) is 120 cm³/mol. The Morgan fingerprint density at radius 1 is 1.18 bits per heavy atom. The van der Waals surface area contributed by atoms with E-state index in [4.69, 9.17) is 10.5 Å². The van der Waals surface area contributed by atoms with Gasteiger partial charge in [-0.3, -0.25) is 14.5 Å². The maximum absolute atomic E-state index is 13.0. The van der Waals surface area contributed by atoms with Gasteiger partial charge in [-0.25, -0.2) is 9.78 Å². The number of benzene rings is 1. The number of rotatable bonds is 7. The highest BCUT2D eigenvalue weighted by atomic mass is 16.5. The second kappa shape index (κ2) is 8.17. The van der Waals surface area contributed by atoms with E-state index in [1.165, 1.54) is 4.90 Å². The number of primary amides is 1. The van der Waals surface area contributed by atoms with Gasteiger partial charge in [0, 0.05) is 12.2 Å². The van der Waals surface area contributed by atoms with Crippen molar-refractivity contribution in [3.05, 3.63) is 59.8 Å². The number of carbonyl (C=O) groups excluding carboxylic acids is 3. The third-order valence-corrected chi connectivity index (χ3v) is 7.35. The Bertz CT molecular complexity index is 1070. The fourth-order valence-corrected chi connectivity index (χ4v) is 5.60. The molecule has 8 nitrogen and oxygen atoms in total. The Hall–Kier alpha value is -3.42. The SMILES string of the molecule is CC(C[C@H]1NC(=O)N(C2CC3(CC(Oc4ncccc4C(N)=O)C3)C2)C1=O)c1ccccc1. The Labute approximate surface area is 192 Å². The lowest BCUT2D eigenvalue weighted by atomic mass is 9.52. The summed E-state index contributed by atoms with van der Waals surface area (Å²) >= 11 is 0. The summed E-state index contributed by atoms with van der Waals surface area (Å²) in [6, 6.07) is 12.5. The van der Waals surface area contributed by atoms with Crippen molar-refractivity contribution in [2.45, 2.75) is 63.1 Å². The molecule has 1 unspecified atom stereocenters. The van der Waals surface area contributed by atoms with E-state index in [0.717, 1.165) is 31.2 Å². The summed E-state index contributed by atoms with van der Waals surface area (Å²) in [5, 5.41) is 2.89. The van der Waals surface area contributed by atoms with E-state index in [1.807, 2.05) is 30.3 Å². The molecule has 2 aliphatic carbocycles. The molecule has 3 fully saturated rings. The first-order valence-electron chi connectivity index (χ1n) is 11.5. The van der Waals surface area contributed by atoms with E-state index in [2.05, 4.69) is 17.2 Å². The number of nitrogens with zero attached hydrogens (tertiary/aromatic N) is 2. The summed E-state index contributed by atoms with van der Waals surface area (Å²) in [4.78, 5) is 42.7. The van der Waals surface area contributed by atoms with Crippen LogP contribution in [0.1, 0.15) is 60.9 Å². The van der Waals surface area contributed by atoms with Gasteiger partial charge in [-0.2, -0.15) is 0 Å². The third kappa shape index (κ3) is 3.94. The summed E-state index contributed by atoms with van der Waals surface area (Å²) in [5.41, 5.74) is 6.92. The summed E-state index contributed by atoms with van der Waals surface area (Å²) in [5.74, 6) is -0.236. The van der Waals surface area contributed by atoms with Crippen LogP contribution in [0.15, 0.2) is 48.7 Å². The van der Waals surface area contributed by atoms with Crippen LogP contribution in [0.3, 0.4) is 0 Å². The van der Waals surface area contributed by atoms with E-state index < -0.39 is 11.9 Å². The number of amides is 4. The van der Waals surface area contributed by atoms with Gasteiger partial charge in [0.1, 0.15) is 17.7 Å². The average Bonchev–Trinajstić information content (AvgIpc) is 3.02. The molecule has 3 aliphatic rings. The molecule has 33 heavy (non-hydrogen) atoms. The highest BCUT2D eigenvalue weighted by Gasteiger charge is 2.58. The molecule has 0 radical (unpaired) electrons. The molecule has 0 bridgehead atoms. The van der Waals surface area contributed by atoms with Crippen LogP contribution >= 0.6 is 0 Å². The molecule has 2 saturated carbocycles. The lowest BCUT2D eigenvalue weighted by molar-refractivity contribution is -0.141. The van der Waals surface area contributed by atoms with E-state index in [-0.39, 0.29) is 46.9 Å². The number of nitrogens with one attached hydrogen (secondary N) is 1. The molecule has 2 heterocycles. The van der Waals surface area contributed by atoms with E-state index in [9.17, 15) is 14.4 Å². The van der Waals surface area contributed by atoms with Crippen molar-refractivity contribution in [3.63, 3.8) is 0 Å². The lowest BCUT2D eigenvalue weighted by Gasteiger charge is -2.58. The minimum absolute atomic E-state index is 0.0403. The Morgan fingerprint density at radius 2 is 1.91 bits per heavy atom. The van der Waals surface area contributed by atoms with Crippen LogP contribution in [-0.2, 0) is 4.79 Å². The fraction of sp³-hybridized carbons (Fsp3) is 0.440. The van der Waals surface area contributed by atoms with Gasteiger partial charge >= 0.3 is 6.03 Å². The summed E-state index contributed by atoms with van der Waals surface area (Å²) in [6.45, 7) is 2.08. The molecule has 8 heteroatoms. The van der Waals surface area contributed by atoms with Gasteiger partial charge in [-0.05, 0) is 61.1 Å². The highest BCUT2D eigenvalue weighted by Crippen LogP contribution is 2.58. The predicted octanol–water partition coefficient (Wildman–Crippen LogP) is 2.98. The molecule has 5 rings (SSSR count). The Balaban J connectivity index is 1.14. The smallest absolute Gasteiger partial charge is 0.325 e. The Kier molecular flexibility index (Phi) is 5.31. The first-order chi connectivity index (χ1) is 15.8. The highest BCUT2D eigenvalue weighted by molar-refractivity contribution is 6.04. The Morgan fingerprint density at radius 3 is 2.61 bits per heavy atom. The first kappa shape index (κ1) is 21.4. The lowest BCUT2D eigenvalue weighted by Crippen LogP contribution is -2.60. The number of pyridine rings is 1. The zero-order valence-electron chi connectivity index (χ0n) is 18.6. The molecule has 2 atom stereocenters. The van der Waals surface area contributed by atoms with Gasteiger partial charge in [0.15, 0.2) is 0 Å². The minimum atomic E-state index is -0.564. The molecular weight excluding hydrogens is 420 g/mol. The summed E-state index contributed by atoms with van der Waals surface area (Å²) < 4.78 is 5.91. The van der Waals surface area contributed by atoms with Crippen molar-refractivity contribution in [1.82, 2.24) is 15.2 Å². The summed E-state index contributed by atoms with van der Waals surface area (Å²) in [6.07, 6.45) is 5.33. The van der Waals surface area contributed by atoms with Crippen molar-refractivity contribution in [2.75, 3.05) is 0 Å². The van der Waals surface area contributed by atoms with Gasteiger partial charge in [-0.1, -0.05) is 37.3 Å². The molecule has 3 N–H and O–H groups in total. The first-order valence-corrected chi connectivity index (χ1v) is 11.5. The maximum Gasteiger partial charge on any atom is 0.325 e. The van der Waals surface area contributed by atoms with Crippen LogP contribution in [-0.4, -0.2) is 45.9 Å². The number of ether oxygens (including phenoxy) is 1. The van der Waals surface area contributed by atoms with E-state index in [0.29, 0.717) is 6.42 Å². The van der Waals surface area contributed by atoms with Crippen molar-refractivity contribution in [1.29, 1.82) is 0 Å². The minimum Gasteiger partial charge on any atom is -0.474 e. The molecule has 1 saturated heterocycles.